The van der Waals surface area contributed by atoms with E-state index in [0.29, 0.717) is 5.92 Å². The molecule has 1 N–H and O–H groups in total. The molecule has 0 unspecified atom stereocenters. The molecule has 0 saturated carbocycles. The quantitative estimate of drug-likeness (QED) is 0.892. The molecule has 1 fully saturated rings. The first-order valence-electron chi connectivity index (χ1n) is 6.54. The Bertz CT molecular complexity index is 486. The lowest BCUT2D eigenvalue weighted by atomic mass is 9.99. The number of rotatable bonds is 3. The Balaban J connectivity index is 1.78. The number of imidazole rings is 1. The zero-order valence-electron chi connectivity index (χ0n) is 10.4. The maximum atomic E-state index is 4.54. The van der Waals surface area contributed by atoms with E-state index in [9.17, 15) is 0 Å². The minimum Gasteiger partial charge on any atom is -0.330 e. The highest BCUT2D eigenvalue weighted by Gasteiger charge is 2.19. The van der Waals surface area contributed by atoms with Crippen molar-refractivity contribution in [2.75, 3.05) is 13.1 Å². The van der Waals surface area contributed by atoms with Gasteiger partial charge >= 0.3 is 0 Å². The summed E-state index contributed by atoms with van der Waals surface area (Å²) in [5.74, 6) is 1.76. The van der Waals surface area contributed by atoms with Crippen molar-refractivity contribution < 1.29 is 0 Å². The number of hydrogen-bond donors (Lipinski definition) is 1. The molecule has 0 amide bonds. The van der Waals surface area contributed by atoms with Gasteiger partial charge in [0.25, 0.3) is 0 Å². The van der Waals surface area contributed by atoms with E-state index < -0.39 is 0 Å². The fourth-order valence-electron chi connectivity index (χ4n) is 2.57. The molecule has 0 spiro atoms. The van der Waals surface area contributed by atoms with Crippen LogP contribution in [0.2, 0.25) is 0 Å². The van der Waals surface area contributed by atoms with Gasteiger partial charge in [-0.05, 0) is 37.1 Å². The first-order valence-corrected chi connectivity index (χ1v) is 6.54. The molecule has 1 saturated heterocycles. The third-order valence-electron chi connectivity index (χ3n) is 3.51. The second-order valence-corrected chi connectivity index (χ2v) is 4.81. The van der Waals surface area contributed by atoms with Gasteiger partial charge in [0.1, 0.15) is 5.82 Å². The second kappa shape index (κ2) is 5.31. The van der Waals surface area contributed by atoms with Gasteiger partial charge in [-0.15, -0.1) is 0 Å². The number of hydrogen-bond acceptors (Lipinski definition) is 3. The maximum Gasteiger partial charge on any atom is 0.113 e. The molecule has 4 heteroatoms. The molecule has 94 valence electrons. The Morgan fingerprint density at radius 3 is 2.94 bits per heavy atom. The van der Waals surface area contributed by atoms with Gasteiger partial charge in [0.05, 0.1) is 0 Å². The smallest absolute Gasteiger partial charge is 0.113 e. The van der Waals surface area contributed by atoms with E-state index in [1.54, 1.807) is 0 Å². The first kappa shape index (κ1) is 11.4. The third kappa shape index (κ3) is 2.43. The predicted molar refractivity (Wildman–Crippen MR) is 70.4 cm³/mol. The van der Waals surface area contributed by atoms with Crippen LogP contribution in [0.3, 0.4) is 0 Å². The van der Waals surface area contributed by atoms with Crippen molar-refractivity contribution in [1.82, 2.24) is 19.9 Å². The summed E-state index contributed by atoms with van der Waals surface area (Å²) >= 11 is 0. The lowest BCUT2D eigenvalue weighted by Crippen LogP contribution is -2.30. The molecule has 0 radical (unpaired) electrons. The molecule has 0 aromatic carbocycles. The molecule has 1 aliphatic rings. The first-order chi connectivity index (χ1) is 8.93. The minimum atomic E-state index is 0.551. The maximum absolute atomic E-state index is 4.54. The van der Waals surface area contributed by atoms with Crippen LogP contribution in [0.15, 0.2) is 36.9 Å². The lowest BCUT2D eigenvalue weighted by Gasteiger charge is -2.23. The number of piperidine rings is 1. The monoisotopic (exact) mass is 242 g/mol. The van der Waals surface area contributed by atoms with Crippen LogP contribution >= 0.6 is 0 Å². The summed E-state index contributed by atoms with van der Waals surface area (Å²) in [6.07, 6.45) is 10.1. The zero-order valence-corrected chi connectivity index (χ0v) is 10.4. The van der Waals surface area contributed by atoms with Gasteiger partial charge < -0.3 is 9.88 Å². The fraction of sp³-hybridized carbons (Fsp3) is 0.429. The Kier molecular flexibility index (Phi) is 3.37. The Morgan fingerprint density at radius 2 is 2.17 bits per heavy atom. The number of pyridine rings is 1. The van der Waals surface area contributed by atoms with Crippen molar-refractivity contribution in [3.8, 4) is 0 Å². The van der Waals surface area contributed by atoms with E-state index in [1.807, 2.05) is 18.6 Å². The lowest BCUT2D eigenvalue weighted by molar-refractivity contribution is 0.435. The molecule has 0 aliphatic carbocycles. The van der Waals surface area contributed by atoms with Crippen LogP contribution in [-0.4, -0.2) is 27.6 Å². The molecular weight excluding hydrogens is 224 g/mol. The van der Waals surface area contributed by atoms with Crippen LogP contribution in [-0.2, 0) is 6.54 Å². The van der Waals surface area contributed by atoms with Crippen molar-refractivity contribution in [2.24, 2.45) is 0 Å². The zero-order chi connectivity index (χ0) is 12.2. The van der Waals surface area contributed by atoms with Gasteiger partial charge in [0, 0.05) is 43.8 Å². The Hall–Kier alpha value is -1.68. The summed E-state index contributed by atoms with van der Waals surface area (Å²) in [5.41, 5.74) is 1.27. The summed E-state index contributed by atoms with van der Waals surface area (Å²) in [4.78, 5) is 8.60. The normalized spacial score (nSPS) is 19.9. The minimum absolute atomic E-state index is 0.551. The number of aromatic nitrogens is 3. The van der Waals surface area contributed by atoms with E-state index in [2.05, 4.69) is 38.2 Å². The Morgan fingerprint density at radius 1 is 1.28 bits per heavy atom. The molecule has 2 aromatic rings. The van der Waals surface area contributed by atoms with Crippen molar-refractivity contribution in [3.05, 3.63) is 48.3 Å². The molecule has 3 heterocycles. The number of nitrogens with one attached hydrogen (secondary N) is 1. The second-order valence-electron chi connectivity index (χ2n) is 4.81. The van der Waals surface area contributed by atoms with Gasteiger partial charge in [0.2, 0.25) is 0 Å². The molecular formula is C14H18N4. The SMILES string of the molecule is c1cc(Cn2ccnc2[C@H]2CCCNC2)ccn1. The van der Waals surface area contributed by atoms with E-state index in [-0.39, 0.29) is 0 Å². The van der Waals surface area contributed by atoms with Gasteiger partial charge in [0.15, 0.2) is 0 Å². The van der Waals surface area contributed by atoms with Gasteiger partial charge in [-0.25, -0.2) is 4.98 Å². The topological polar surface area (TPSA) is 42.7 Å². The highest BCUT2D eigenvalue weighted by atomic mass is 15.1. The van der Waals surface area contributed by atoms with Crippen LogP contribution in [0.4, 0.5) is 0 Å². The van der Waals surface area contributed by atoms with Crippen LogP contribution < -0.4 is 5.32 Å². The average molecular weight is 242 g/mol. The number of nitrogens with zero attached hydrogens (tertiary/aromatic N) is 3. The van der Waals surface area contributed by atoms with Crippen LogP contribution in [0, 0.1) is 0 Å². The third-order valence-corrected chi connectivity index (χ3v) is 3.51. The standard InChI is InChI=1S/C14H18N4/c1-2-13(10-16-5-1)14-17-8-9-18(14)11-12-3-6-15-7-4-12/h3-4,6-9,13,16H,1-2,5,10-11H2/t13-/m0/s1. The van der Waals surface area contributed by atoms with Gasteiger partial charge in [-0.1, -0.05) is 0 Å². The summed E-state index contributed by atoms with van der Waals surface area (Å²) in [5, 5.41) is 3.45. The highest BCUT2D eigenvalue weighted by Crippen LogP contribution is 2.22. The average Bonchev–Trinajstić information content (AvgIpc) is 2.89. The molecule has 1 atom stereocenters. The molecule has 2 aromatic heterocycles. The molecule has 1 aliphatic heterocycles. The van der Waals surface area contributed by atoms with E-state index in [1.165, 1.54) is 24.2 Å². The van der Waals surface area contributed by atoms with Crippen molar-refractivity contribution >= 4 is 0 Å². The van der Waals surface area contributed by atoms with Gasteiger partial charge in [-0.2, -0.15) is 0 Å². The highest BCUT2D eigenvalue weighted by molar-refractivity contribution is 5.13. The van der Waals surface area contributed by atoms with E-state index in [4.69, 9.17) is 0 Å². The van der Waals surface area contributed by atoms with E-state index >= 15 is 0 Å². The summed E-state index contributed by atoms with van der Waals surface area (Å²) in [6.45, 7) is 3.07. The van der Waals surface area contributed by atoms with Crippen molar-refractivity contribution in [2.45, 2.75) is 25.3 Å². The van der Waals surface area contributed by atoms with Crippen LogP contribution in [0.1, 0.15) is 30.1 Å². The fourth-order valence-corrected chi connectivity index (χ4v) is 2.57. The molecule has 18 heavy (non-hydrogen) atoms. The molecule has 3 rings (SSSR count). The largest absolute Gasteiger partial charge is 0.330 e. The molecule has 0 bridgehead atoms. The van der Waals surface area contributed by atoms with E-state index in [0.717, 1.165) is 19.6 Å². The summed E-state index contributed by atoms with van der Waals surface area (Å²) in [6, 6.07) is 4.12. The predicted octanol–water partition coefficient (Wildman–Crippen LogP) is 1.79. The van der Waals surface area contributed by atoms with Crippen molar-refractivity contribution in [1.29, 1.82) is 0 Å². The van der Waals surface area contributed by atoms with Crippen LogP contribution in [0.5, 0.6) is 0 Å². The summed E-state index contributed by atoms with van der Waals surface area (Å²) < 4.78 is 2.26. The summed E-state index contributed by atoms with van der Waals surface area (Å²) in [7, 11) is 0. The molecule has 4 nitrogen and oxygen atoms in total. The Labute approximate surface area is 107 Å². The van der Waals surface area contributed by atoms with Gasteiger partial charge in [-0.3, -0.25) is 4.98 Å². The van der Waals surface area contributed by atoms with Crippen LogP contribution in [0.25, 0.3) is 0 Å². The van der Waals surface area contributed by atoms with Crippen molar-refractivity contribution in [3.63, 3.8) is 0 Å².